The lowest BCUT2D eigenvalue weighted by molar-refractivity contribution is 0.0332. The number of nitrogens with one attached hydrogen (secondary N) is 1. The fraction of sp³-hybridized carbons (Fsp3) is 0.381. The Hall–Kier alpha value is -2.22. The summed E-state index contributed by atoms with van der Waals surface area (Å²) in [5.41, 5.74) is 2.24. The molecule has 150 valence electrons. The topological polar surface area (TPSA) is 75.7 Å². The van der Waals surface area contributed by atoms with Gasteiger partial charge in [0.05, 0.1) is 25.0 Å². The summed E-state index contributed by atoms with van der Waals surface area (Å²) in [4.78, 5) is 15.1. The van der Waals surface area contributed by atoms with Crippen LogP contribution in [-0.4, -0.2) is 58.3 Å². The summed E-state index contributed by atoms with van der Waals surface area (Å²) >= 11 is 0. The molecule has 2 aromatic rings. The van der Waals surface area contributed by atoms with Crippen LogP contribution in [0, 0.1) is 0 Å². The van der Waals surface area contributed by atoms with Gasteiger partial charge < -0.3 is 10.1 Å². The van der Waals surface area contributed by atoms with E-state index in [2.05, 4.69) is 10.2 Å². The molecule has 0 radical (unpaired) electrons. The van der Waals surface area contributed by atoms with E-state index >= 15 is 0 Å². The van der Waals surface area contributed by atoms with Crippen molar-refractivity contribution < 1.29 is 17.9 Å². The van der Waals surface area contributed by atoms with Crippen LogP contribution in [0.5, 0.6) is 0 Å². The Morgan fingerprint density at radius 1 is 1.07 bits per heavy atom. The summed E-state index contributed by atoms with van der Waals surface area (Å²) < 4.78 is 28.2. The van der Waals surface area contributed by atoms with Gasteiger partial charge in [-0.2, -0.15) is 0 Å². The lowest BCUT2D eigenvalue weighted by Gasteiger charge is -2.31. The zero-order valence-corrected chi connectivity index (χ0v) is 16.8. The van der Waals surface area contributed by atoms with Crippen LogP contribution in [0.15, 0.2) is 54.6 Å². The first-order chi connectivity index (χ1) is 13.4. The summed E-state index contributed by atoms with van der Waals surface area (Å²) in [6.45, 7) is 3.82. The van der Waals surface area contributed by atoms with Crippen LogP contribution in [0.3, 0.4) is 0 Å². The Bertz CT molecular complexity index is 876. The van der Waals surface area contributed by atoms with Gasteiger partial charge in [-0.3, -0.25) is 9.69 Å². The summed E-state index contributed by atoms with van der Waals surface area (Å²) in [6, 6.07) is 16.5. The van der Waals surface area contributed by atoms with Crippen molar-refractivity contribution in [2.45, 2.75) is 11.8 Å². The van der Waals surface area contributed by atoms with Gasteiger partial charge in [-0.1, -0.05) is 42.5 Å². The van der Waals surface area contributed by atoms with Crippen molar-refractivity contribution >= 4 is 15.7 Å². The van der Waals surface area contributed by atoms with Crippen LogP contribution in [-0.2, 0) is 20.3 Å². The molecule has 1 saturated heterocycles. The summed E-state index contributed by atoms with van der Waals surface area (Å²) in [5, 5.41) is 3.12. The number of ether oxygens (including phenoxy) is 1. The van der Waals surface area contributed by atoms with Crippen LogP contribution in [0.25, 0.3) is 0 Å². The SMILES string of the molecule is CS(=O)(=O)Cc1ccc(C(=O)N[C@@H](CN2CCOCC2)c2ccccc2)cc1. The molecule has 0 unspecified atom stereocenters. The third kappa shape index (κ3) is 6.15. The van der Waals surface area contributed by atoms with E-state index in [0.29, 0.717) is 30.9 Å². The number of hydrogen-bond acceptors (Lipinski definition) is 5. The molecule has 1 amide bonds. The van der Waals surface area contributed by atoms with E-state index in [1.54, 1.807) is 24.3 Å². The Morgan fingerprint density at radius 2 is 1.71 bits per heavy atom. The van der Waals surface area contributed by atoms with Crippen LogP contribution < -0.4 is 5.32 Å². The molecular formula is C21H26N2O4S. The van der Waals surface area contributed by atoms with Crippen LogP contribution in [0.1, 0.15) is 27.5 Å². The number of hydrogen-bond donors (Lipinski definition) is 1. The quantitative estimate of drug-likeness (QED) is 0.767. The largest absolute Gasteiger partial charge is 0.379 e. The highest BCUT2D eigenvalue weighted by molar-refractivity contribution is 7.89. The average Bonchev–Trinajstić information content (AvgIpc) is 2.68. The van der Waals surface area contributed by atoms with E-state index in [4.69, 9.17) is 4.74 Å². The van der Waals surface area contributed by atoms with Crippen molar-refractivity contribution in [3.63, 3.8) is 0 Å². The number of carbonyl (C=O) groups is 1. The fourth-order valence-electron chi connectivity index (χ4n) is 3.26. The first kappa shape index (κ1) is 20.5. The maximum absolute atomic E-state index is 12.8. The monoisotopic (exact) mass is 402 g/mol. The van der Waals surface area contributed by atoms with Crippen LogP contribution in [0.2, 0.25) is 0 Å². The molecule has 3 rings (SSSR count). The maximum atomic E-state index is 12.8. The number of morpholine rings is 1. The molecule has 1 aliphatic heterocycles. The number of benzene rings is 2. The van der Waals surface area contributed by atoms with Crippen LogP contribution >= 0.6 is 0 Å². The minimum absolute atomic E-state index is 0.0292. The van der Waals surface area contributed by atoms with Gasteiger partial charge in [-0.05, 0) is 23.3 Å². The molecule has 1 aliphatic rings. The second-order valence-corrected chi connectivity index (χ2v) is 9.26. The summed E-state index contributed by atoms with van der Waals surface area (Å²) in [7, 11) is -3.10. The van der Waals surface area contributed by atoms with Crippen molar-refractivity contribution in [3.05, 3.63) is 71.3 Å². The molecule has 0 aliphatic carbocycles. The van der Waals surface area contributed by atoms with E-state index in [1.807, 2.05) is 30.3 Å². The van der Waals surface area contributed by atoms with Gasteiger partial charge in [0, 0.05) is 31.5 Å². The average molecular weight is 403 g/mol. The molecule has 28 heavy (non-hydrogen) atoms. The van der Waals surface area contributed by atoms with E-state index in [9.17, 15) is 13.2 Å². The number of amides is 1. The summed E-state index contributed by atoms with van der Waals surface area (Å²) in [6.07, 6.45) is 1.20. The normalized spacial score (nSPS) is 16.5. The Labute approximate surface area is 166 Å². The standard InChI is InChI=1S/C21H26N2O4S/c1-28(25,26)16-17-7-9-19(10-8-17)21(24)22-20(18-5-3-2-4-6-18)15-23-11-13-27-14-12-23/h2-10,20H,11-16H2,1H3,(H,22,24)/t20-/m0/s1. The Kier molecular flexibility index (Phi) is 6.83. The second kappa shape index (κ2) is 9.32. The van der Waals surface area contributed by atoms with Crippen molar-refractivity contribution in [3.8, 4) is 0 Å². The minimum atomic E-state index is -3.10. The molecule has 1 atom stereocenters. The minimum Gasteiger partial charge on any atom is -0.379 e. The van der Waals surface area contributed by atoms with Gasteiger partial charge in [0.15, 0.2) is 9.84 Å². The van der Waals surface area contributed by atoms with Crippen molar-refractivity contribution in [2.24, 2.45) is 0 Å². The molecular weight excluding hydrogens is 376 g/mol. The Morgan fingerprint density at radius 3 is 2.32 bits per heavy atom. The van der Waals surface area contributed by atoms with Gasteiger partial charge in [0.1, 0.15) is 0 Å². The smallest absolute Gasteiger partial charge is 0.251 e. The highest BCUT2D eigenvalue weighted by Crippen LogP contribution is 2.17. The van der Waals surface area contributed by atoms with E-state index < -0.39 is 9.84 Å². The van der Waals surface area contributed by atoms with Crippen LogP contribution in [0.4, 0.5) is 0 Å². The lowest BCUT2D eigenvalue weighted by Crippen LogP contribution is -2.43. The van der Waals surface area contributed by atoms with E-state index in [0.717, 1.165) is 18.7 Å². The predicted octanol–water partition coefficient (Wildman–Crippen LogP) is 2.03. The molecule has 6 nitrogen and oxygen atoms in total. The zero-order valence-electron chi connectivity index (χ0n) is 16.0. The Balaban J connectivity index is 1.71. The number of carbonyl (C=O) groups excluding carboxylic acids is 1. The van der Waals surface area contributed by atoms with Crippen molar-refractivity contribution in [1.82, 2.24) is 10.2 Å². The number of sulfone groups is 1. The first-order valence-corrected chi connectivity index (χ1v) is 11.4. The molecule has 0 saturated carbocycles. The van der Waals surface area contributed by atoms with E-state index in [1.165, 1.54) is 6.26 Å². The maximum Gasteiger partial charge on any atom is 0.251 e. The molecule has 7 heteroatoms. The number of rotatable bonds is 7. The van der Waals surface area contributed by atoms with E-state index in [-0.39, 0.29) is 17.7 Å². The van der Waals surface area contributed by atoms with Gasteiger partial charge in [-0.25, -0.2) is 8.42 Å². The molecule has 0 bridgehead atoms. The lowest BCUT2D eigenvalue weighted by atomic mass is 10.0. The fourth-order valence-corrected chi connectivity index (χ4v) is 4.06. The molecule has 2 aromatic carbocycles. The summed E-state index contributed by atoms with van der Waals surface area (Å²) in [5.74, 6) is -0.202. The van der Waals surface area contributed by atoms with Gasteiger partial charge in [0.25, 0.3) is 5.91 Å². The number of nitrogens with zero attached hydrogens (tertiary/aromatic N) is 1. The zero-order chi connectivity index (χ0) is 20.0. The molecule has 1 fully saturated rings. The second-order valence-electron chi connectivity index (χ2n) is 7.12. The molecule has 0 spiro atoms. The van der Waals surface area contributed by atoms with Crippen molar-refractivity contribution in [2.75, 3.05) is 39.1 Å². The van der Waals surface area contributed by atoms with Gasteiger partial charge in [-0.15, -0.1) is 0 Å². The van der Waals surface area contributed by atoms with Gasteiger partial charge in [0.2, 0.25) is 0 Å². The molecule has 0 aromatic heterocycles. The third-order valence-corrected chi connectivity index (χ3v) is 5.55. The third-order valence-electron chi connectivity index (χ3n) is 4.70. The predicted molar refractivity (Wildman–Crippen MR) is 109 cm³/mol. The molecule has 1 N–H and O–H groups in total. The van der Waals surface area contributed by atoms with Gasteiger partial charge >= 0.3 is 0 Å². The highest BCUT2D eigenvalue weighted by atomic mass is 32.2. The van der Waals surface area contributed by atoms with Crippen molar-refractivity contribution in [1.29, 1.82) is 0 Å². The molecule has 1 heterocycles. The first-order valence-electron chi connectivity index (χ1n) is 9.33. The highest BCUT2D eigenvalue weighted by Gasteiger charge is 2.20.